The van der Waals surface area contributed by atoms with Crippen LogP contribution in [0, 0.1) is 0 Å². The number of hydrogen-bond acceptors (Lipinski definition) is 11. The Labute approximate surface area is 205 Å². The van der Waals surface area contributed by atoms with Gasteiger partial charge in [0.15, 0.2) is 12.2 Å². The second-order valence-electron chi connectivity index (χ2n) is 7.63. The summed E-state index contributed by atoms with van der Waals surface area (Å²) >= 11 is 6.26. The SMILES string of the molecule is CC(=O)OC[C@@H]1O[C@H](Oc2ccc(Cl)c3cccnc23)[C@@H](OC(C)=O)[C@H](OC(C)=O)[C@H]1OC(C)=O. The number of hydrogen-bond donors (Lipinski definition) is 0. The Kier molecular flexibility index (Phi) is 8.47. The average molecular weight is 510 g/mol. The van der Waals surface area contributed by atoms with Gasteiger partial charge >= 0.3 is 23.9 Å². The lowest BCUT2D eigenvalue weighted by molar-refractivity contribution is -0.288. The molecule has 1 saturated heterocycles. The van der Waals surface area contributed by atoms with E-state index in [1.165, 1.54) is 6.92 Å². The molecular formula is C23H24ClNO10. The second kappa shape index (κ2) is 11.3. The molecule has 5 atom stereocenters. The van der Waals surface area contributed by atoms with Crippen LogP contribution in [-0.2, 0) is 42.9 Å². The molecule has 1 aliphatic heterocycles. The average Bonchev–Trinajstić information content (AvgIpc) is 2.77. The van der Waals surface area contributed by atoms with Gasteiger partial charge in [-0.1, -0.05) is 11.6 Å². The minimum atomic E-state index is -1.37. The van der Waals surface area contributed by atoms with E-state index in [0.717, 1.165) is 20.8 Å². The van der Waals surface area contributed by atoms with Crippen LogP contribution in [0.4, 0.5) is 0 Å². The molecule has 0 radical (unpaired) electrons. The predicted octanol–water partition coefficient (Wildman–Crippen LogP) is 2.35. The summed E-state index contributed by atoms with van der Waals surface area (Å²) in [6.45, 7) is 4.25. The van der Waals surface area contributed by atoms with E-state index in [9.17, 15) is 19.2 Å². The van der Waals surface area contributed by atoms with E-state index in [1.54, 1.807) is 30.5 Å². The van der Waals surface area contributed by atoms with Crippen LogP contribution in [-0.4, -0.2) is 66.2 Å². The molecule has 0 N–H and O–H groups in total. The summed E-state index contributed by atoms with van der Waals surface area (Å²) in [5, 5.41) is 1.03. The molecule has 188 valence electrons. The number of rotatable bonds is 7. The van der Waals surface area contributed by atoms with E-state index >= 15 is 0 Å². The van der Waals surface area contributed by atoms with Gasteiger partial charge in [0.2, 0.25) is 12.4 Å². The molecule has 12 heteroatoms. The fraction of sp³-hybridized carbons (Fsp3) is 0.435. The third-order valence-corrected chi connectivity index (χ3v) is 5.20. The number of nitrogens with zero attached hydrogens (tertiary/aromatic N) is 1. The van der Waals surface area contributed by atoms with Crippen LogP contribution in [0.15, 0.2) is 30.5 Å². The van der Waals surface area contributed by atoms with E-state index in [-0.39, 0.29) is 12.4 Å². The highest BCUT2D eigenvalue weighted by atomic mass is 35.5. The van der Waals surface area contributed by atoms with Crippen LogP contribution in [0.2, 0.25) is 5.02 Å². The molecule has 0 unspecified atom stereocenters. The molecule has 2 aromatic rings. The number of carbonyl (C=O) groups is 4. The molecule has 11 nitrogen and oxygen atoms in total. The Balaban J connectivity index is 2.05. The minimum Gasteiger partial charge on any atom is -0.463 e. The van der Waals surface area contributed by atoms with Crippen LogP contribution >= 0.6 is 11.6 Å². The quantitative estimate of drug-likeness (QED) is 0.401. The number of benzene rings is 1. The largest absolute Gasteiger partial charge is 0.463 e. The molecule has 3 rings (SSSR count). The van der Waals surface area contributed by atoms with Gasteiger partial charge in [-0.05, 0) is 24.3 Å². The number of pyridine rings is 1. The smallest absolute Gasteiger partial charge is 0.303 e. The molecule has 2 heterocycles. The summed E-state index contributed by atoms with van der Waals surface area (Å²) in [4.78, 5) is 51.4. The van der Waals surface area contributed by atoms with Crippen LogP contribution in [0.5, 0.6) is 5.75 Å². The van der Waals surface area contributed by atoms with Crippen LogP contribution in [0.1, 0.15) is 27.7 Å². The summed E-state index contributed by atoms with van der Waals surface area (Å²) < 4.78 is 33.2. The standard InChI is InChI=1S/C23H24ClNO10/c1-11(26)30-10-18-20(31-12(2)27)21(32-13(3)28)22(33-14(4)29)23(35-18)34-17-8-7-16(24)15-6-5-9-25-19(15)17/h5-9,18,20-23H,10H2,1-4H3/t18-,20-,21+,22-,23-/m0/s1. The number of fused-ring (bicyclic) bond motifs is 1. The number of halogens is 1. The highest BCUT2D eigenvalue weighted by Gasteiger charge is 2.53. The van der Waals surface area contributed by atoms with Gasteiger partial charge in [0, 0.05) is 39.3 Å². The molecule has 1 fully saturated rings. The summed E-state index contributed by atoms with van der Waals surface area (Å²) in [6, 6.07) is 6.58. The lowest BCUT2D eigenvalue weighted by Gasteiger charge is -2.43. The van der Waals surface area contributed by atoms with Crippen molar-refractivity contribution in [1.82, 2.24) is 4.98 Å². The summed E-state index contributed by atoms with van der Waals surface area (Å²) in [5.41, 5.74) is 0.396. The zero-order valence-corrected chi connectivity index (χ0v) is 20.1. The Morgan fingerprint density at radius 2 is 1.51 bits per heavy atom. The summed E-state index contributed by atoms with van der Waals surface area (Å²) in [6.07, 6.45) is -4.94. The number of aromatic nitrogens is 1. The first-order valence-electron chi connectivity index (χ1n) is 10.6. The van der Waals surface area contributed by atoms with Gasteiger partial charge in [0.1, 0.15) is 24.0 Å². The summed E-state index contributed by atoms with van der Waals surface area (Å²) in [7, 11) is 0. The molecule has 0 bridgehead atoms. The van der Waals surface area contributed by atoms with E-state index in [1.807, 2.05) is 0 Å². The topological polar surface area (TPSA) is 137 Å². The first-order chi connectivity index (χ1) is 16.6. The van der Waals surface area contributed by atoms with Crippen LogP contribution in [0.3, 0.4) is 0 Å². The van der Waals surface area contributed by atoms with Crippen molar-refractivity contribution < 1.29 is 47.6 Å². The molecule has 1 aromatic heterocycles. The molecule has 1 aliphatic rings. The lowest BCUT2D eigenvalue weighted by Crippen LogP contribution is -2.63. The molecule has 1 aromatic carbocycles. The van der Waals surface area contributed by atoms with Gasteiger partial charge in [-0.2, -0.15) is 0 Å². The van der Waals surface area contributed by atoms with E-state index < -0.39 is 54.6 Å². The van der Waals surface area contributed by atoms with Gasteiger partial charge in [0.05, 0.1) is 5.02 Å². The molecule has 0 aliphatic carbocycles. The minimum absolute atomic E-state index is 0.228. The fourth-order valence-corrected chi connectivity index (χ4v) is 3.83. The van der Waals surface area contributed by atoms with Gasteiger partial charge in [-0.3, -0.25) is 24.2 Å². The highest BCUT2D eigenvalue weighted by Crippen LogP contribution is 2.34. The maximum atomic E-state index is 11.9. The van der Waals surface area contributed by atoms with Gasteiger partial charge in [-0.15, -0.1) is 0 Å². The number of carbonyl (C=O) groups excluding carboxylic acids is 4. The Bertz CT molecular complexity index is 1120. The van der Waals surface area contributed by atoms with Gasteiger partial charge in [0.25, 0.3) is 0 Å². The third kappa shape index (κ3) is 6.58. The Morgan fingerprint density at radius 3 is 2.14 bits per heavy atom. The Morgan fingerprint density at radius 1 is 0.886 bits per heavy atom. The van der Waals surface area contributed by atoms with Crippen molar-refractivity contribution in [3.63, 3.8) is 0 Å². The zero-order chi connectivity index (χ0) is 25.7. The Hall–Kier alpha value is -3.44. The maximum Gasteiger partial charge on any atom is 0.303 e. The molecule has 0 amide bonds. The van der Waals surface area contributed by atoms with Gasteiger partial charge < -0.3 is 28.4 Å². The summed E-state index contributed by atoms with van der Waals surface area (Å²) in [5.74, 6) is -2.59. The monoisotopic (exact) mass is 509 g/mol. The van der Waals surface area contributed by atoms with Crippen molar-refractivity contribution in [2.75, 3.05) is 6.61 Å². The van der Waals surface area contributed by atoms with Crippen LogP contribution in [0.25, 0.3) is 10.9 Å². The van der Waals surface area contributed by atoms with Crippen molar-refractivity contribution >= 4 is 46.4 Å². The number of esters is 4. The fourth-order valence-electron chi connectivity index (χ4n) is 3.62. The van der Waals surface area contributed by atoms with E-state index in [4.69, 9.17) is 40.0 Å². The van der Waals surface area contributed by atoms with E-state index in [2.05, 4.69) is 4.98 Å². The van der Waals surface area contributed by atoms with Crippen molar-refractivity contribution in [2.24, 2.45) is 0 Å². The highest BCUT2D eigenvalue weighted by molar-refractivity contribution is 6.35. The normalized spacial score (nSPS) is 23.7. The van der Waals surface area contributed by atoms with Crippen LogP contribution < -0.4 is 4.74 Å². The van der Waals surface area contributed by atoms with Crippen molar-refractivity contribution in [2.45, 2.75) is 58.4 Å². The molecule has 0 saturated carbocycles. The zero-order valence-electron chi connectivity index (χ0n) is 19.4. The molecular weight excluding hydrogens is 486 g/mol. The first kappa shape index (κ1) is 26.2. The van der Waals surface area contributed by atoms with Crippen molar-refractivity contribution in [3.8, 4) is 5.75 Å². The van der Waals surface area contributed by atoms with Crippen molar-refractivity contribution in [3.05, 3.63) is 35.5 Å². The number of ether oxygens (including phenoxy) is 6. The molecule has 35 heavy (non-hydrogen) atoms. The third-order valence-electron chi connectivity index (χ3n) is 4.87. The van der Waals surface area contributed by atoms with Gasteiger partial charge in [-0.25, -0.2) is 0 Å². The second-order valence-corrected chi connectivity index (χ2v) is 8.04. The van der Waals surface area contributed by atoms with E-state index in [0.29, 0.717) is 15.9 Å². The first-order valence-corrected chi connectivity index (χ1v) is 10.9. The van der Waals surface area contributed by atoms with Crippen molar-refractivity contribution in [1.29, 1.82) is 0 Å². The maximum absolute atomic E-state index is 11.9. The lowest BCUT2D eigenvalue weighted by atomic mass is 9.98. The molecule has 0 spiro atoms. The predicted molar refractivity (Wildman–Crippen MR) is 119 cm³/mol.